The number of para-hydroxylation sites is 1. The monoisotopic (exact) mass is 409 g/mol. The molecule has 0 fully saturated rings. The molecule has 0 aliphatic heterocycles. The van der Waals surface area contributed by atoms with Crippen LogP contribution in [-0.2, 0) is 9.59 Å². The number of ketones is 1. The van der Waals surface area contributed by atoms with E-state index < -0.39 is 11.8 Å². The van der Waals surface area contributed by atoms with Crippen molar-refractivity contribution in [3.8, 4) is 17.0 Å². The van der Waals surface area contributed by atoms with Crippen molar-refractivity contribution in [1.82, 2.24) is 10.3 Å². The molecule has 2 aromatic carbocycles. The van der Waals surface area contributed by atoms with Gasteiger partial charge in [0.2, 0.25) is 5.91 Å². The summed E-state index contributed by atoms with van der Waals surface area (Å²) in [5, 5.41) is 5.40. The average molecular weight is 409 g/mol. The first-order valence-corrected chi connectivity index (χ1v) is 9.66. The Morgan fingerprint density at radius 2 is 1.62 bits per heavy atom. The number of hydrogen-bond donors (Lipinski definition) is 2. The Labute approximate surface area is 171 Å². The second-order valence-electron chi connectivity index (χ2n) is 6.05. The summed E-state index contributed by atoms with van der Waals surface area (Å²) in [4.78, 5) is 40.7. The van der Waals surface area contributed by atoms with Gasteiger partial charge in [0.15, 0.2) is 17.5 Å². The van der Waals surface area contributed by atoms with Crippen molar-refractivity contribution in [1.29, 1.82) is 0 Å². The highest BCUT2D eigenvalue weighted by molar-refractivity contribution is 7.18. The molecule has 2 amide bonds. The van der Waals surface area contributed by atoms with E-state index in [0.29, 0.717) is 21.5 Å². The quantitative estimate of drug-likeness (QED) is 0.557. The molecular weight excluding hydrogens is 390 g/mol. The molecule has 0 saturated carbocycles. The van der Waals surface area contributed by atoms with Crippen molar-refractivity contribution in [2.24, 2.45) is 0 Å². The van der Waals surface area contributed by atoms with E-state index in [-0.39, 0.29) is 18.9 Å². The highest BCUT2D eigenvalue weighted by atomic mass is 32.1. The average Bonchev–Trinajstić information content (AvgIpc) is 3.16. The minimum atomic E-state index is -0.443. The smallest absolute Gasteiger partial charge is 0.258 e. The van der Waals surface area contributed by atoms with E-state index in [0.717, 1.165) is 16.9 Å². The number of thiazole rings is 1. The molecule has 0 spiro atoms. The second kappa shape index (κ2) is 9.61. The Morgan fingerprint density at radius 1 is 0.966 bits per heavy atom. The van der Waals surface area contributed by atoms with Gasteiger partial charge in [0.05, 0.1) is 17.1 Å². The Balaban J connectivity index is 1.55. The zero-order chi connectivity index (χ0) is 20.6. The summed E-state index contributed by atoms with van der Waals surface area (Å²) >= 11 is 1.10. The van der Waals surface area contributed by atoms with Crippen molar-refractivity contribution in [2.45, 2.75) is 6.92 Å². The van der Waals surface area contributed by atoms with Gasteiger partial charge in [-0.15, -0.1) is 0 Å². The van der Waals surface area contributed by atoms with Gasteiger partial charge < -0.3 is 15.4 Å². The number of amides is 2. The molecule has 0 radical (unpaired) electrons. The van der Waals surface area contributed by atoms with Gasteiger partial charge in [-0.25, -0.2) is 4.98 Å². The minimum Gasteiger partial charge on any atom is -0.484 e. The number of Topliss-reactive ketones (excluding diaryl/α,β-unsaturated/α-hetero) is 1. The summed E-state index contributed by atoms with van der Waals surface area (Å²) in [6.07, 6.45) is 0. The first kappa shape index (κ1) is 20.2. The molecule has 2 N–H and O–H groups in total. The predicted octanol–water partition coefficient (Wildman–Crippen LogP) is 3.15. The maximum Gasteiger partial charge on any atom is 0.258 e. The number of nitrogens with zero attached hydrogens (tertiary/aromatic N) is 1. The number of aromatic nitrogens is 1. The molecule has 8 heteroatoms. The second-order valence-corrected chi connectivity index (χ2v) is 7.04. The third-order valence-corrected chi connectivity index (χ3v) is 4.87. The van der Waals surface area contributed by atoms with E-state index in [1.165, 1.54) is 6.92 Å². The summed E-state index contributed by atoms with van der Waals surface area (Å²) in [6, 6.07) is 18.2. The van der Waals surface area contributed by atoms with Crippen molar-refractivity contribution in [3.63, 3.8) is 0 Å². The van der Waals surface area contributed by atoms with Crippen LogP contribution in [0.4, 0.5) is 5.13 Å². The number of anilines is 1. The molecule has 0 saturated heterocycles. The molecule has 7 nitrogen and oxygen atoms in total. The Morgan fingerprint density at radius 3 is 2.28 bits per heavy atom. The van der Waals surface area contributed by atoms with Crippen LogP contribution in [0.5, 0.6) is 5.75 Å². The molecule has 1 aromatic heterocycles. The molecule has 3 rings (SSSR count). The van der Waals surface area contributed by atoms with Crippen molar-refractivity contribution < 1.29 is 19.1 Å². The van der Waals surface area contributed by atoms with E-state index in [1.54, 1.807) is 24.3 Å². The third-order valence-electron chi connectivity index (χ3n) is 3.80. The number of hydrogen-bond acceptors (Lipinski definition) is 6. The molecule has 0 aliphatic rings. The van der Waals surface area contributed by atoms with Crippen LogP contribution >= 0.6 is 11.3 Å². The standard InChI is InChI=1S/C21H19N3O4S/c1-14(25)20-19(15-8-4-2-5-9-15)24-21(29-20)23-17(26)12-22-18(27)13-28-16-10-6-3-7-11-16/h2-11H,12-13H2,1H3,(H,22,27)(H,23,24,26). The molecule has 29 heavy (non-hydrogen) atoms. The molecule has 148 valence electrons. The van der Waals surface area contributed by atoms with Gasteiger partial charge in [0.25, 0.3) is 5.91 Å². The van der Waals surface area contributed by atoms with Crippen LogP contribution in [0.3, 0.4) is 0 Å². The summed E-state index contributed by atoms with van der Waals surface area (Å²) < 4.78 is 5.32. The molecule has 0 bridgehead atoms. The van der Waals surface area contributed by atoms with Crippen molar-refractivity contribution in [3.05, 3.63) is 65.5 Å². The lowest BCUT2D eigenvalue weighted by molar-refractivity contribution is -0.125. The fourth-order valence-electron chi connectivity index (χ4n) is 2.46. The number of rotatable bonds is 8. The summed E-state index contributed by atoms with van der Waals surface area (Å²) in [5.41, 5.74) is 1.32. The van der Waals surface area contributed by atoms with Gasteiger partial charge in [0.1, 0.15) is 5.75 Å². The third kappa shape index (κ3) is 5.73. The SMILES string of the molecule is CC(=O)c1sc(NC(=O)CNC(=O)COc2ccccc2)nc1-c1ccccc1. The molecule has 3 aromatic rings. The van der Waals surface area contributed by atoms with Crippen molar-refractivity contribution >= 4 is 34.1 Å². The van der Waals surface area contributed by atoms with E-state index in [1.807, 2.05) is 36.4 Å². The van der Waals surface area contributed by atoms with E-state index >= 15 is 0 Å². The van der Waals surface area contributed by atoms with Gasteiger partial charge in [0, 0.05) is 12.5 Å². The first-order valence-electron chi connectivity index (χ1n) is 8.84. The fraction of sp³-hybridized carbons (Fsp3) is 0.143. The lowest BCUT2D eigenvalue weighted by atomic mass is 10.1. The molecule has 0 aliphatic carbocycles. The van der Waals surface area contributed by atoms with Crippen LogP contribution in [0, 0.1) is 0 Å². The minimum absolute atomic E-state index is 0.131. The topological polar surface area (TPSA) is 97.4 Å². The van der Waals surface area contributed by atoms with Crippen LogP contribution < -0.4 is 15.4 Å². The molecule has 0 unspecified atom stereocenters. The van der Waals surface area contributed by atoms with Crippen LogP contribution in [0.1, 0.15) is 16.6 Å². The highest BCUT2D eigenvalue weighted by Crippen LogP contribution is 2.31. The van der Waals surface area contributed by atoms with Gasteiger partial charge >= 0.3 is 0 Å². The number of carbonyl (C=O) groups excluding carboxylic acids is 3. The number of carbonyl (C=O) groups is 3. The van der Waals surface area contributed by atoms with E-state index in [4.69, 9.17) is 4.74 Å². The fourth-order valence-corrected chi connectivity index (χ4v) is 3.36. The first-order chi connectivity index (χ1) is 14.0. The largest absolute Gasteiger partial charge is 0.484 e. The Bertz CT molecular complexity index is 1000. The van der Waals surface area contributed by atoms with Crippen LogP contribution in [0.15, 0.2) is 60.7 Å². The summed E-state index contributed by atoms with van der Waals surface area (Å²) in [7, 11) is 0. The van der Waals surface area contributed by atoms with E-state index in [9.17, 15) is 14.4 Å². The van der Waals surface area contributed by atoms with Crippen LogP contribution in [0.25, 0.3) is 11.3 Å². The molecular formula is C21H19N3O4S. The molecule has 0 atom stereocenters. The lowest BCUT2D eigenvalue weighted by Crippen LogP contribution is -2.35. The Kier molecular flexibility index (Phi) is 6.70. The predicted molar refractivity (Wildman–Crippen MR) is 111 cm³/mol. The zero-order valence-corrected chi connectivity index (χ0v) is 16.5. The van der Waals surface area contributed by atoms with Crippen molar-refractivity contribution in [2.75, 3.05) is 18.5 Å². The summed E-state index contributed by atoms with van der Waals surface area (Å²) in [6.45, 7) is 1.03. The number of ether oxygens (including phenoxy) is 1. The van der Waals surface area contributed by atoms with Gasteiger partial charge in [-0.3, -0.25) is 14.4 Å². The van der Waals surface area contributed by atoms with Crippen LogP contribution in [0.2, 0.25) is 0 Å². The zero-order valence-electron chi connectivity index (χ0n) is 15.7. The van der Waals surface area contributed by atoms with Gasteiger partial charge in [-0.05, 0) is 12.1 Å². The maximum atomic E-state index is 12.1. The molecule has 1 heterocycles. The highest BCUT2D eigenvalue weighted by Gasteiger charge is 2.18. The van der Waals surface area contributed by atoms with Crippen LogP contribution in [-0.4, -0.2) is 35.7 Å². The summed E-state index contributed by atoms with van der Waals surface area (Å²) in [5.74, 6) is -0.424. The Hall–Kier alpha value is -3.52. The number of benzene rings is 2. The van der Waals surface area contributed by atoms with Gasteiger partial charge in [-0.2, -0.15) is 0 Å². The number of nitrogens with one attached hydrogen (secondary N) is 2. The maximum absolute atomic E-state index is 12.1. The normalized spacial score (nSPS) is 10.2. The lowest BCUT2D eigenvalue weighted by Gasteiger charge is -2.07. The van der Waals surface area contributed by atoms with Gasteiger partial charge in [-0.1, -0.05) is 59.9 Å². The van der Waals surface area contributed by atoms with E-state index in [2.05, 4.69) is 15.6 Å².